The number of hydrogen-bond donors (Lipinski definition) is 1. The highest BCUT2D eigenvalue weighted by Crippen LogP contribution is 2.44. The summed E-state index contributed by atoms with van der Waals surface area (Å²) >= 11 is 1.97. The topological polar surface area (TPSA) is 15.3 Å². The van der Waals surface area contributed by atoms with E-state index in [1.54, 1.807) is 4.88 Å². The Balaban J connectivity index is 1.85. The fraction of sp³-hybridized carbons (Fsp3) is 0.733. The monoisotopic (exact) mass is 264 g/mol. The summed E-state index contributed by atoms with van der Waals surface area (Å²) in [4.78, 5) is 4.11. The number of hydrogen-bond acceptors (Lipinski definition) is 3. The molecule has 0 spiro atoms. The van der Waals surface area contributed by atoms with Gasteiger partial charge in [-0.05, 0) is 69.7 Å². The van der Waals surface area contributed by atoms with Gasteiger partial charge in [0.2, 0.25) is 0 Å². The van der Waals surface area contributed by atoms with Crippen molar-refractivity contribution in [3.8, 4) is 0 Å². The van der Waals surface area contributed by atoms with Crippen LogP contribution in [0.2, 0.25) is 0 Å². The number of thiophene rings is 1. The number of rotatable bonds is 2. The molecule has 2 saturated heterocycles. The molecule has 1 aromatic heterocycles. The van der Waals surface area contributed by atoms with E-state index in [9.17, 15) is 0 Å². The molecule has 0 amide bonds. The zero-order valence-corrected chi connectivity index (χ0v) is 12.1. The lowest BCUT2D eigenvalue weighted by Crippen LogP contribution is -2.50. The molecule has 18 heavy (non-hydrogen) atoms. The van der Waals surface area contributed by atoms with Crippen LogP contribution in [0.25, 0.3) is 0 Å². The van der Waals surface area contributed by atoms with Crippen LogP contribution in [0.15, 0.2) is 17.5 Å². The van der Waals surface area contributed by atoms with Crippen molar-refractivity contribution >= 4 is 11.3 Å². The highest BCUT2D eigenvalue weighted by molar-refractivity contribution is 7.10. The van der Waals surface area contributed by atoms with Crippen LogP contribution in [0.5, 0.6) is 0 Å². The molecule has 0 radical (unpaired) electrons. The Hall–Kier alpha value is -0.380. The molecule has 2 aliphatic rings. The Kier molecular flexibility index (Phi) is 3.73. The highest BCUT2D eigenvalue weighted by Gasteiger charge is 2.42. The van der Waals surface area contributed by atoms with E-state index in [2.05, 4.69) is 34.8 Å². The molecule has 0 bridgehead atoms. The minimum absolute atomic E-state index is 0.438. The number of piperidine rings is 2. The minimum atomic E-state index is 0.438. The molecular formula is C15H24N2S. The van der Waals surface area contributed by atoms with E-state index in [0.717, 1.165) is 5.92 Å². The maximum Gasteiger partial charge on any atom is 0.0201 e. The average molecular weight is 264 g/mol. The van der Waals surface area contributed by atoms with Crippen LogP contribution in [0, 0.1) is 5.92 Å². The molecule has 3 rings (SSSR count). The first-order chi connectivity index (χ1) is 8.81. The zero-order chi connectivity index (χ0) is 12.4. The highest BCUT2D eigenvalue weighted by atomic mass is 32.1. The SMILES string of the molecule is CN1CCC(C2(c3cccs3)CCCNC2)CC1. The third-order valence-electron chi connectivity index (χ3n) is 4.93. The normalized spacial score (nSPS) is 31.6. The average Bonchev–Trinajstić information content (AvgIpc) is 2.95. The van der Waals surface area contributed by atoms with Crippen molar-refractivity contribution in [3.05, 3.63) is 22.4 Å². The van der Waals surface area contributed by atoms with Crippen LogP contribution in [0.3, 0.4) is 0 Å². The maximum atomic E-state index is 3.67. The number of nitrogens with one attached hydrogen (secondary N) is 1. The molecule has 1 N–H and O–H groups in total. The second kappa shape index (κ2) is 5.32. The van der Waals surface area contributed by atoms with Gasteiger partial charge >= 0.3 is 0 Å². The molecule has 100 valence electrons. The van der Waals surface area contributed by atoms with Crippen molar-refractivity contribution in [2.24, 2.45) is 5.92 Å². The summed E-state index contributed by atoms with van der Waals surface area (Å²) in [6.45, 7) is 4.96. The predicted octanol–water partition coefficient (Wildman–Crippen LogP) is 2.71. The van der Waals surface area contributed by atoms with Crippen LogP contribution in [0.1, 0.15) is 30.6 Å². The van der Waals surface area contributed by atoms with E-state index < -0.39 is 0 Å². The van der Waals surface area contributed by atoms with Crippen molar-refractivity contribution in [1.29, 1.82) is 0 Å². The summed E-state index contributed by atoms with van der Waals surface area (Å²) in [7, 11) is 2.26. The Bertz CT molecular complexity index is 360. The fourth-order valence-electron chi connectivity index (χ4n) is 3.81. The van der Waals surface area contributed by atoms with Crippen molar-refractivity contribution in [1.82, 2.24) is 10.2 Å². The molecule has 2 fully saturated rings. The molecular weight excluding hydrogens is 240 g/mol. The summed E-state index contributed by atoms with van der Waals surface area (Å²) in [6, 6.07) is 4.60. The minimum Gasteiger partial charge on any atom is -0.316 e. The van der Waals surface area contributed by atoms with Crippen LogP contribution in [-0.4, -0.2) is 38.1 Å². The van der Waals surface area contributed by atoms with Crippen LogP contribution in [0.4, 0.5) is 0 Å². The summed E-state index contributed by atoms with van der Waals surface area (Å²) < 4.78 is 0. The Morgan fingerprint density at radius 2 is 2.22 bits per heavy atom. The van der Waals surface area contributed by atoms with Gasteiger partial charge in [-0.25, -0.2) is 0 Å². The molecule has 3 heteroatoms. The van der Waals surface area contributed by atoms with E-state index in [1.165, 1.54) is 51.9 Å². The van der Waals surface area contributed by atoms with E-state index in [-0.39, 0.29) is 0 Å². The summed E-state index contributed by atoms with van der Waals surface area (Å²) in [5.74, 6) is 0.875. The van der Waals surface area contributed by atoms with Crippen molar-refractivity contribution < 1.29 is 0 Å². The maximum absolute atomic E-state index is 3.67. The van der Waals surface area contributed by atoms with Gasteiger partial charge in [0.25, 0.3) is 0 Å². The van der Waals surface area contributed by atoms with Crippen molar-refractivity contribution in [2.45, 2.75) is 31.1 Å². The summed E-state index contributed by atoms with van der Waals surface area (Å²) in [5.41, 5.74) is 0.438. The molecule has 2 aliphatic heterocycles. The molecule has 1 aromatic rings. The lowest BCUT2D eigenvalue weighted by atomic mass is 9.66. The lowest BCUT2D eigenvalue weighted by Gasteiger charge is -2.46. The third-order valence-corrected chi connectivity index (χ3v) is 6.02. The Morgan fingerprint density at radius 1 is 1.39 bits per heavy atom. The standard InChI is InChI=1S/C15H24N2S/c1-17-9-5-13(6-10-17)15(7-3-8-16-12-15)14-4-2-11-18-14/h2,4,11,13,16H,3,5-10,12H2,1H3. The molecule has 1 atom stereocenters. The molecule has 2 nitrogen and oxygen atoms in total. The first-order valence-corrected chi connectivity index (χ1v) is 8.12. The Morgan fingerprint density at radius 3 is 2.83 bits per heavy atom. The Labute approximate surface area is 114 Å². The molecule has 1 unspecified atom stereocenters. The zero-order valence-electron chi connectivity index (χ0n) is 11.3. The van der Waals surface area contributed by atoms with Gasteiger partial charge < -0.3 is 10.2 Å². The summed E-state index contributed by atoms with van der Waals surface area (Å²) in [6.07, 6.45) is 5.46. The van der Waals surface area contributed by atoms with Gasteiger partial charge in [-0.2, -0.15) is 0 Å². The second-order valence-corrected chi connectivity index (χ2v) is 6.94. The van der Waals surface area contributed by atoms with Crippen molar-refractivity contribution in [3.63, 3.8) is 0 Å². The smallest absolute Gasteiger partial charge is 0.0201 e. The van der Waals surface area contributed by atoms with Gasteiger partial charge in [0.15, 0.2) is 0 Å². The second-order valence-electron chi connectivity index (χ2n) is 5.99. The number of likely N-dealkylation sites (tertiary alicyclic amines) is 1. The fourth-order valence-corrected chi connectivity index (χ4v) is 4.85. The van der Waals surface area contributed by atoms with Crippen LogP contribution < -0.4 is 5.32 Å². The molecule has 0 saturated carbocycles. The molecule has 0 aliphatic carbocycles. The van der Waals surface area contributed by atoms with Gasteiger partial charge in [0.1, 0.15) is 0 Å². The van der Waals surface area contributed by atoms with Gasteiger partial charge in [-0.1, -0.05) is 6.07 Å². The quantitative estimate of drug-likeness (QED) is 0.883. The van der Waals surface area contributed by atoms with Crippen LogP contribution in [-0.2, 0) is 5.41 Å². The van der Waals surface area contributed by atoms with Gasteiger partial charge in [-0.3, -0.25) is 0 Å². The largest absolute Gasteiger partial charge is 0.316 e. The predicted molar refractivity (Wildman–Crippen MR) is 78.3 cm³/mol. The molecule has 3 heterocycles. The van der Waals surface area contributed by atoms with Gasteiger partial charge in [0, 0.05) is 16.8 Å². The lowest BCUT2D eigenvalue weighted by molar-refractivity contribution is 0.123. The van der Waals surface area contributed by atoms with E-state index >= 15 is 0 Å². The third kappa shape index (κ3) is 2.24. The van der Waals surface area contributed by atoms with Gasteiger partial charge in [0.05, 0.1) is 0 Å². The first kappa shape index (κ1) is 12.6. The van der Waals surface area contributed by atoms with E-state index in [1.807, 2.05) is 11.3 Å². The van der Waals surface area contributed by atoms with E-state index in [4.69, 9.17) is 0 Å². The van der Waals surface area contributed by atoms with Crippen LogP contribution >= 0.6 is 11.3 Å². The summed E-state index contributed by atoms with van der Waals surface area (Å²) in [5, 5.41) is 5.92. The molecule has 0 aromatic carbocycles. The van der Waals surface area contributed by atoms with Gasteiger partial charge in [-0.15, -0.1) is 11.3 Å². The van der Waals surface area contributed by atoms with E-state index in [0.29, 0.717) is 5.41 Å². The first-order valence-electron chi connectivity index (χ1n) is 7.24. The van der Waals surface area contributed by atoms with Crippen molar-refractivity contribution in [2.75, 3.05) is 33.2 Å². The number of nitrogens with zero attached hydrogens (tertiary/aromatic N) is 1.